The van der Waals surface area contributed by atoms with Crippen LogP contribution in [0.4, 0.5) is 5.69 Å². The number of amides is 1. The fourth-order valence-corrected chi connectivity index (χ4v) is 2.78. The van der Waals surface area contributed by atoms with Crippen molar-refractivity contribution in [3.8, 4) is 0 Å². The van der Waals surface area contributed by atoms with Crippen molar-refractivity contribution in [1.29, 1.82) is 0 Å². The van der Waals surface area contributed by atoms with Crippen molar-refractivity contribution in [2.24, 2.45) is 5.92 Å². The van der Waals surface area contributed by atoms with E-state index >= 15 is 0 Å². The summed E-state index contributed by atoms with van der Waals surface area (Å²) in [5.41, 5.74) is 0.506. The van der Waals surface area contributed by atoms with Crippen molar-refractivity contribution in [3.63, 3.8) is 0 Å². The highest BCUT2D eigenvalue weighted by Crippen LogP contribution is 2.30. The molecular weight excluding hydrogens is 311 g/mol. The number of piperidine rings is 1. The summed E-state index contributed by atoms with van der Waals surface area (Å²) >= 11 is 12.0. The predicted molar refractivity (Wildman–Crippen MR) is 85.9 cm³/mol. The van der Waals surface area contributed by atoms with Gasteiger partial charge in [0.1, 0.15) is 0 Å². The van der Waals surface area contributed by atoms with Crippen LogP contribution < -0.4 is 5.32 Å². The highest BCUT2D eigenvalue weighted by molar-refractivity contribution is 6.44. The number of aliphatic hydroxyl groups excluding tert-OH is 1. The molecule has 1 saturated heterocycles. The molecule has 0 aromatic heterocycles. The molecule has 21 heavy (non-hydrogen) atoms. The molecule has 2 rings (SSSR count). The zero-order valence-electron chi connectivity index (χ0n) is 12.1. The number of carbonyl (C=O) groups is 1. The zero-order chi connectivity index (χ0) is 15.6. The summed E-state index contributed by atoms with van der Waals surface area (Å²) in [6, 6.07) is 4.79. The number of likely N-dealkylation sites (tertiary alicyclic amines) is 1. The Bertz CT molecular complexity index is 524. The van der Waals surface area contributed by atoms with Gasteiger partial charge in [-0.1, -0.05) is 36.2 Å². The monoisotopic (exact) mass is 330 g/mol. The van der Waals surface area contributed by atoms with Crippen LogP contribution in [0.1, 0.15) is 20.3 Å². The first-order chi connectivity index (χ1) is 9.90. The first-order valence-corrected chi connectivity index (χ1v) is 7.82. The number of rotatable bonds is 3. The van der Waals surface area contributed by atoms with Crippen molar-refractivity contribution >= 4 is 34.8 Å². The molecule has 1 heterocycles. The number of aliphatic hydroxyl groups is 1. The predicted octanol–water partition coefficient (Wildman–Crippen LogP) is 3.02. The van der Waals surface area contributed by atoms with Gasteiger partial charge in [0, 0.05) is 6.54 Å². The van der Waals surface area contributed by atoms with Crippen LogP contribution in [0.3, 0.4) is 0 Å². The number of nitrogens with one attached hydrogen (secondary N) is 1. The van der Waals surface area contributed by atoms with Crippen molar-refractivity contribution in [1.82, 2.24) is 4.90 Å². The summed E-state index contributed by atoms with van der Waals surface area (Å²) in [7, 11) is 0. The standard InChI is InChI=1S/C15H20Cl2N2O2/c1-9-6-7-19(8-13(9)20)10(2)15(21)18-12-5-3-4-11(16)14(12)17/h3-5,9-10,13,20H,6-8H2,1-2H3,(H,18,21). The first kappa shape index (κ1) is 16.6. The number of hydrogen-bond acceptors (Lipinski definition) is 3. The Kier molecular flexibility index (Phi) is 5.49. The minimum absolute atomic E-state index is 0.152. The van der Waals surface area contributed by atoms with Gasteiger partial charge in [-0.05, 0) is 37.9 Å². The van der Waals surface area contributed by atoms with Gasteiger partial charge >= 0.3 is 0 Å². The lowest BCUT2D eigenvalue weighted by Gasteiger charge is -2.37. The van der Waals surface area contributed by atoms with Gasteiger partial charge in [-0.2, -0.15) is 0 Å². The molecular formula is C15H20Cl2N2O2. The molecule has 1 aliphatic heterocycles. The van der Waals surface area contributed by atoms with E-state index < -0.39 is 0 Å². The van der Waals surface area contributed by atoms with Crippen LogP contribution in [-0.4, -0.2) is 41.1 Å². The molecule has 1 aliphatic rings. The van der Waals surface area contributed by atoms with E-state index in [9.17, 15) is 9.90 Å². The fourth-order valence-electron chi connectivity index (χ4n) is 2.43. The van der Waals surface area contributed by atoms with Gasteiger partial charge in [0.15, 0.2) is 0 Å². The quantitative estimate of drug-likeness (QED) is 0.895. The van der Waals surface area contributed by atoms with E-state index in [1.807, 2.05) is 18.7 Å². The van der Waals surface area contributed by atoms with Gasteiger partial charge in [0.25, 0.3) is 0 Å². The highest BCUT2D eigenvalue weighted by atomic mass is 35.5. The average Bonchev–Trinajstić information content (AvgIpc) is 2.46. The number of halogens is 2. The van der Waals surface area contributed by atoms with Gasteiger partial charge in [-0.25, -0.2) is 0 Å². The minimum Gasteiger partial charge on any atom is -0.392 e. The smallest absolute Gasteiger partial charge is 0.241 e. The second-order valence-corrected chi connectivity index (χ2v) is 6.38. The van der Waals surface area contributed by atoms with E-state index in [0.717, 1.165) is 13.0 Å². The van der Waals surface area contributed by atoms with Crippen LogP contribution in [-0.2, 0) is 4.79 Å². The van der Waals surface area contributed by atoms with Gasteiger partial charge in [0.2, 0.25) is 5.91 Å². The van der Waals surface area contributed by atoms with Crippen LogP contribution in [0.15, 0.2) is 18.2 Å². The third kappa shape index (κ3) is 3.89. The molecule has 3 atom stereocenters. The molecule has 1 aromatic carbocycles. The molecule has 4 nitrogen and oxygen atoms in total. The van der Waals surface area contributed by atoms with Gasteiger partial charge in [-0.3, -0.25) is 9.69 Å². The Balaban J connectivity index is 2.01. The lowest BCUT2D eigenvalue weighted by Crippen LogP contribution is -2.50. The molecule has 0 aliphatic carbocycles. The number of benzene rings is 1. The third-order valence-corrected chi connectivity index (χ3v) is 4.91. The van der Waals surface area contributed by atoms with Gasteiger partial charge < -0.3 is 10.4 Å². The van der Waals surface area contributed by atoms with Crippen LogP contribution >= 0.6 is 23.2 Å². The maximum atomic E-state index is 12.3. The first-order valence-electron chi connectivity index (χ1n) is 7.07. The Hall–Kier alpha value is -0.810. The summed E-state index contributed by atoms with van der Waals surface area (Å²) in [6.07, 6.45) is 0.500. The molecule has 3 unspecified atom stereocenters. The molecule has 0 spiro atoms. The number of anilines is 1. The maximum Gasteiger partial charge on any atom is 0.241 e. The molecule has 116 valence electrons. The largest absolute Gasteiger partial charge is 0.392 e. The van der Waals surface area contributed by atoms with Gasteiger partial charge in [0.05, 0.1) is 27.9 Å². The van der Waals surface area contributed by atoms with E-state index in [2.05, 4.69) is 5.32 Å². The Morgan fingerprint density at radius 2 is 2.19 bits per heavy atom. The van der Waals surface area contributed by atoms with Crippen molar-refractivity contribution in [2.45, 2.75) is 32.4 Å². The van der Waals surface area contributed by atoms with E-state index in [-0.39, 0.29) is 24.0 Å². The Morgan fingerprint density at radius 3 is 2.86 bits per heavy atom. The topological polar surface area (TPSA) is 52.6 Å². The van der Waals surface area contributed by atoms with Crippen molar-refractivity contribution in [3.05, 3.63) is 28.2 Å². The third-order valence-electron chi connectivity index (χ3n) is 4.09. The van der Waals surface area contributed by atoms with E-state index in [1.54, 1.807) is 18.2 Å². The molecule has 1 amide bonds. The summed E-state index contributed by atoms with van der Waals surface area (Å²) in [6.45, 7) is 5.17. The lowest BCUT2D eigenvalue weighted by atomic mass is 9.95. The maximum absolute atomic E-state index is 12.3. The summed E-state index contributed by atoms with van der Waals surface area (Å²) < 4.78 is 0. The average molecular weight is 331 g/mol. The van der Waals surface area contributed by atoms with Crippen molar-refractivity contribution < 1.29 is 9.90 Å². The Morgan fingerprint density at radius 1 is 1.48 bits per heavy atom. The molecule has 0 saturated carbocycles. The van der Waals surface area contributed by atoms with Crippen LogP contribution in [0.25, 0.3) is 0 Å². The normalized spacial score (nSPS) is 24.6. The summed E-state index contributed by atoms with van der Waals surface area (Å²) in [4.78, 5) is 14.3. The second-order valence-electron chi connectivity index (χ2n) is 5.59. The second kappa shape index (κ2) is 6.97. The van der Waals surface area contributed by atoms with Crippen LogP contribution in [0, 0.1) is 5.92 Å². The van der Waals surface area contributed by atoms with E-state index in [0.29, 0.717) is 22.3 Å². The molecule has 2 N–H and O–H groups in total. The molecule has 0 bridgehead atoms. The number of hydrogen-bond donors (Lipinski definition) is 2. The highest BCUT2D eigenvalue weighted by Gasteiger charge is 2.30. The molecule has 0 radical (unpaired) electrons. The molecule has 6 heteroatoms. The Labute approximate surface area is 135 Å². The number of carbonyl (C=O) groups excluding carboxylic acids is 1. The lowest BCUT2D eigenvalue weighted by molar-refractivity contribution is -0.122. The van der Waals surface area contributed by atoms with Gasteiger partial charge in [-0.15, -0.1) is 0 Å². The minimum atomic E-state index is -0.385. The number of β-amino-alcohol motifs (C(OH)–C–C–N with tert-alkyl or cyclic N) is 1. The zero-order valence-corrected chi connectivity index (χ0v) is 13.7. The molecule has 1 aromatic rings. The van der Waals surface area contributed by atoms with E-state index in [4.69, 9.17) is 23.2 Å². The van der Waals surface area contributed by atoms with Crippen molar-refractivity contribution in [2.75, 3.05) is 18.4 Å². The SMILES string of the molecule is CC1CCN(C(C)C(=O)Nc2cccc(Cl)c2Cl)CC1O. The molecule has 1 fully saturated rings. The van der Waals surface area contributed by atoms with Crippen LogP contribution in [0.5, 0.6) is 0 Å². The summed E-state index contributed by atoms with van der Waals surface area (Å²) in [5, 5.41) is 13.5. The van der Waals surface area contributed by atoms with E-state index in [1.165, 1.54) is 0 Å². The summed E-state index contributed by atoms with van der Waals surface area (Å²) in [5.74, 6) is 0.125. The fraction of sp³-hybridized carbons (Fsp3) is 0.533. The van der Waals surface area contributed by atoms with Crippen LogP contribution in [0.2, 0.25) is 10.0 Å². The number of nitrogens with zero attached hydrogens (tertiary/aromatic N) is 1.